The van der Waals surface area contributed by atoms with Crippen LogP contribution in [0.4, 0.5) is 5.13 Å². The Hall–Kier alpha value is -1.60. The highest BCUT2D eigenvalue weighted by Crippen LogP contribution is 2.28. The standard InChI is InChI=1S/C18H24N4OS2/c1-13(14-8-4-2-5-9-14)19-16(23)12-24-18-22-21-17(25-18)20-15-10-6-3-7-11-15/h2,4-5,8-9,13,15H,3,6-7,10-12H2,1H3,(H,19,23)(H,20,21)/t13-/m0/s1. The summed E-state index contributed by atoms with van der Waals surface area (Å²) in [5.41, 5.74) is 1.11. The number of amides is 1. The van der Waals surface area contributed by atoms with Crippen LogP contribution in [0.1, 0.15) is 50.6 Å². The molecule has 1 aromatic heterocycles. The zero-order chi connectivity index (χ0) is 17.5. The third kappa shape index (κ3) is 5.71. The lowest BCUT2D eigenvalue weighted by Gasteiger charge is -2.21. The Balaban J connectivity index is 1.43. The van der Waals surface area contributed by atoms with Gasteiger partial charge in [0, 0.05) is 6.04 Å². The van der Waals surface area contributed by atoms with E-state index in [2.05, 4.69) is 20.8 Å². The number of nitrogens with one attached hydrogen (secondary N) is 2. The van der Waals surface area contributed by atoms with Crippen LogP contribution >= 0.6 is 23.1 Å². The molecule has 2 N–H and O–H groups in total. The second-order valence-corrected chi connectivity index (χ2v) is 8.54. The summed E-state index contributed by atoms with van der Waals surface area (Å²) in [5.74, 6) is 0.369. The molecule has 3 rings (SSSR count). The number of anilines is 1. The van der Waals surface area contributed by atoms with Crippen LogP contribution in [-0.2, 0) is 4.79 Å². The van der Waals surface area contributed by atoms with Crippen molar-refractivity contribution in [1.29, 1.82) is 0 Å². The number of benzene rings is 1. The zero-order valence-electron chi connectivity index (χ0n) is 14.4. The summed E-state index contributed by atoms with van der Waals surface area (Å²) >= 11 is 2.97. The van der Waals surface area contributed by atoms with Gasteiger partial charge in [-0.05, 0) is 25.3 Å². The van der Waals surface area contributed by atoms with Gasteiger partial charge in [0.1, 0.15) is 0 Å². The van der Waals surface area contributed by atoms with Crippen LogP contribution in [0, 0.1) is 0 Å². The monoisotopic (exact) mass is 376 g/mol. The topological polar surface area (TPSA) is 66.9 Å². The van der Waals surface area contributed by atoms with Crippen molar-refractivity contribution in [2.45, 2.75) is 55.5 Å². The summed E-state index contributed by atoms with van der Waals surface area (Å²) in [4.78, 5) is 12.1. The van der Waals surface area contributed by atoms with Gasteiger partial charge in [-0.3, -0.25) is 4.79 Å². The summed E-state index contributed by atoms with van der Waals surface area (Å²) in [5, 5.41) is 15.7. The summed E-state index contributed by atoms with van der Waals surface area (Å²) < 4.78 is 0.834. The maximum absolute atomic E-state index is 12.1. The Morgan fingerprint density at radius 3 is 2.76 bits per heavy atom. The molecule has 0 aliphatic heterocycles. The van der Waals surface area contributed by atoms with Crippen LogP contribution in [0.15, 0.2) is 34.7 Å². The minimum atomic E-state index is 0.00671. The van der Waals surface area contributed by atoms with Crippen LogP contribution in [0.2, 0.25) is 0 Å². The number of carbonyl (C=O) groups excluding carboxylic acids is 1. The predicted octanol–water partition coefficient (Wildman–Crippen LogP) is 4.25. The highest BCUT2D eigenvalue weighted by atomic mass is 32.2. The molecule has 1 aliphatic carbocycles. The Morgan fingerprint density at radius 2 is 2.00 bits per heavy atom. The molecule has 1 atom stereocenters. The van der Waals surface area contributed by atoms with Gasteiger partial charge in [0.05, 0.1) is 11.8 Å². The van der Waals surface area contributed by atoms with E-state index < -0.39 is 0 Å². The molecule has 1 fully saturated rings. The van der Waals surface area contributed by atoms with Gasteiger partial charge in [-0.1, -0.05) is 72.7 Å². The first-order valence-electron chi connectivity index (χ1n) is 8.78. The summed E-state index contributed by atoms with van der Waals surface area (Å²) in [6, 6.07) is 10.5. The van der Waals surface area contributed by atoms with Gasteiger partial charge in [-0.25, -0.2) is 0 Å². The molecule has 5 nitrogen and oxygen atoms in total. The fourth-order valence-corrected chi connectivity index (χ4v) is 4.62. The molecular formula is C18H24N4OS2. The van der Waals surface area contributed by atoms with E-state index in [1.165, 1.54) is 55.2 Å². The second-order valence-electron chi connectivity index (χ2n) is 6.34. The number of hydrogen-bond donors (Lipinski definition) is 2. The van der Waals surface area contributed by atoms with E-state index in [1.807, 2.05) is 37.3 Å². The smallest absolute Gasteiger partial charge is 0.230 e. The second kappa shape index (κ2) is 9.20. The maximum atomic E-state index is 12.1. The third-order valence-electron chi connectivity index (χ3n) is 4.34. The number of aromatic nitrogens is 2. The lowest BCUT2D eigenvalue weighted by Crippen LogP contribution is -2.28. The fourth-order valence-electron chi connectivity index (χ4n) is 2.98. The van der Waals surface area contributed by atoms with E-state index >= 15 is 0 Å². The van der Waals surface area contributed by atoms with Gasteiger partial charge in [0.25, 0.3) is 0 Å². The third-order valence-corrected chi connectivity index (χ3v) is 6.33. The molecule has 7 heteroatoms. The molecule has 0 spiro atoms. The number of thioether (sulfide) groups is 1. The molecule has 1 aromatic carbocycles. The Bertz CT molecular complexity index is 671. The van der Waals surface area contributed by atoms with Crippen molar-refractivity contribution in [3.05, 3.63) is 35.9 Å². The first-order valence-corrected chi connectivity index (χ1v) is 10.6. The largest absolute Gasteiger partial charge is 0.357 e. The zero-order valence-corrected chi connectivity index (χ0v) is 16.0. The van der Waals surface area contributed by atoms with Crippen molar-refractivity contribution < 1.29 is 4.79 Å². The molecule has 1 heterocycles. The Labute approximate surface area is 157 Å². The number of nitrogens with zero attached hydrogens (tertiary/aromatic N) is 2. The van der Waals surface area contributed by atoms with Gasteiger partial charge in [-0.15, -0.1) is 10.2 Å². The quantitative estimate of drug-likeness (QED) is 0.707. The van der Waals surface area contributed by atoms with Crippen LogP contribution < -0.4 is 10.6 Å². The van der Waals surface area contributed by atoms with Gasteiger partial charge in [0.15, 0.2) is 4.34 Å². The molecule has 134 valence electrons. The van der Waals surface area contributed by atoms with E-state index in [0.717, 1.165) is 15.0 Å². The lowest BCUT2D eigenvalue weighted by atomic mass is 9.96. The molecule has 0 radical (unpaired) electrons. The van der Waals surface area contributed by atoms with E-state index in [0.29, 0.717) is 11.8 Å². The summed E-state index contributed by atoms with van der Waals surface area (Å²) in [6.45, 7) is 2.00. The molecule has 0 saturated heterocycles. The van der Waals surface area contributed by atoms with Crippen LogP contribution in [0.3, 0.4) is 0 Å². The fraction of sp³-hybridized carbons (Fsp3) is 0.500. The summed E-state index contributed by atoms with van der Waals surface area (Å²) in [6.07, 6.45) is 6.34. The van der Waals surface area contributed by atoms with E-state index in [1.54, 1.807) is 0 Å². The van der Waals surface area contributed by atoms with Crippen molar-refractivity contribution in [3.8, 4) is 0 Å². The maximum Gasteiger partial charge on any atom is 0.230 e. The van der Waals surface area contributed by atoms with Crippen LogP contribution in [0.25, 0.3) is 0 Å². The lowest BCUT2D eigenvalue weighted by molar-refractivity contribution is -0.119. The predicted molar refractivity (Wildman–Crippen MR) is 104 cm³/mol. The molecule has 2 aromatic rings. The Morgan fingerprint density at radius 1 is 1.24 bits per heavy atom. The van der Waals surface area contributed by atoms with Crippen molar-refractivity contribution in [2.75, 3.05) is 11.1 Å². The highest BCUT2D eigenvalue weighted by Gasteiger charge is 2.16. The number of hydrogen-bond acceptors (Lipinski definition) is 6. The molecule has 1 aliphatic rings. The summed E-state index contributed by atoms with van der Waals surface area (Å²) in [7, 11) is 0. The van der Waals surface area contributed by atoms with Crippen LogP contribution in [0.5, 0.6) is 0 Å². The molecular weight excluding hydrogens is 352 g/mol. The van der Waals surface area contributed by atoms with Crippen molar-refractivity contribution in [2.24, 2.45) is 0 Å². The molecule has 25 heavy (non-hydrogen) atoms. The van der Waals surface area contributed by atoms with E-state index in [-0.39, 0.29) is 11.9 Å². The number of rotatable bonds is 7. The highest BCUT2D eigenvalue weighted by molar-refractivity contribution is 8.01. The van der Waals surface area contributed by atoms with Crippen molar-refractivity contribution in [1.82, 2.24) is 15.5 Å². The first kappa shape index (κ1) is 18.2. The average Bonchev–Trinajstić information content (AvgIpc) is 3.09. The van der Waals surface area contributed by atoms with Gasteiger partial charge < -0.3 is 10.6 Å². The van der Waals surface area contributed by atoms with E-state index in [4.69, 9.17) is 0 Å². The SMILES string of the molecule is C[C@H](NC(=O)CSc1nnc(NC2CCCCC2)s1)c1ccccc1. The molecule has 0 unspecified atom stereocenters. The van der Waals surface area contributed by atoms with Crippen molar-refractivity contribution in [3.63, 3.8) is 0 Å². The van der Waals surface area contributed by atoms with Gasteiger partial charge >= 0.3 is 0 Å². The minimum Gasteiger partial charge on any atom is -0.357 e. The first-order chi connectivity index (χ1) is 12.2. The van der Waals surface area contributed by atoms with Crippen LogP contribution in [-0.4, -0.2) is 27.9 Å². The van der Waals surface area contributed by atoms with Gasteiger partial charge in [-0.2, -0.15) is 0 Å². The molecule has 1 saturated carbocycles. The molecule has 0 bridgehead atoms. The van der Waals surface area contributed by atoms with Crippen molar-refractivity contribution >= 4 is 34.1 Å². The average molecular weight is 377 g/mol. The Kier molecular flexibility index (Phi) is 6.69. The van der Waals surface area contributed by atoms with E-state index in [9.17, 15) is 4.79 Å². The van der Waals surface area contributed by atoms with Gasteiger partial charge in [0.2, 0.25) is 11.0 Å². The molecule has 1 amide bonds. The minimum absolute atomic E-state index is 0.00671. The normalized spacial score (nSPS) is 16.4. The number of carbonyl (C=O) groups is 1.